The molecule has 16 heavy (non-hydrogen) atoms. The molecule has 94 valence electrons. The summed E-state index contributed by atoms with van der Waals surface area (Å²) >= 11 is 0. The number of carbonyl (C=O) groups is 1. The van der Waals surface area contributed by atoms with Crippen LogP contribution in [-0.2, 0) is 0 Å². The molecular weight excluding hydrogens is 204 g/mol. The van der Waals surface area contributed by atoms with E-state index >= 15 is 0 Å². The third-order valence-corrected chi connectivity index (χ3v) is 3.10. The summed E-state index contributed by atoms with van der Waals surface area (Å²) in [7, 11) is 0. The molecule has 2 N–H and O–H groups in total. The van der Waals surface area contributed by atoms with Crippen LogP contribution in [0.4, 0.5) is 4.79 Å². The molecule has 1 heterocycles. The molecule has 1 aliphatic heterocycles. The molecule has 0 aliphatic carbocycles. The molecule has 0 saturated carbocycles. The third-order valence-electron chi connectivity index (χ3n) is 3.10. The Labute approximate surface area is 98.0 Å². The van der Waals surface area contributed by atoms with Crippen molar-refractivity contribution in [2.45, 2.75) is 45.6 Å². The summed E-state index contributed by atoms with van der Waals surface area (Å²) in [6, 6.07) is 0.345. The highest BCUT2D eigenvalue weighted by molar-refractivity contribution is 5.65. The summed E-state index contributed by atoms with van der Waals surface area (Å²) in [5.41, 5.74) is 0. The molecule has 0 radical (unpaired) electrons. The van der Waals surface area contributed by atoms with Gasteiger partial charge in [0, 0.05) is 19.1 Å². The molecule has 0 bridgehead atoms. The Hall–Kier alpha value is -0.770. The molecule has 1 amide bonds. The number of nitrogens with one attached hydrogen (secondary N) is 1. The molecule has 0 aromatic rings. The predicted molar refractivity (Wildman–Crippen MR) is 64.7 cm³/mol. The number of amides is 1. The van der Waals surface area contributed by atoms with E-state index in [0.717, 1.165) is 32.2 Å². The number of hydrogen-bond acceptors (Lipinski definition) is 2. The maximum absolute atomic E-state index is 10.9. The summed E-state index contributed by atoms with van der Waals surface area (Å²) in [4.78, 5) is 12.5. The SMILES string of the molecule is CC(C)CCNC1CCCCN(C(=O)O)C1. The first kappa shape index (κ1) is 13.3. The Morgan fingerprint density at radius 2 is 2.25 bits per heavy atom. The standard InChI is InChI=1S/C12H24N2O2/c1-10(2)6-7-13-11-5-3-4-8-14(9-11)12(15)16/h10-11,13H,3-9H2,1-2H3,(H,15,16). The fourth-order valence-electron chi connectivity index (χ4n) is 2.06. The molecule has 0 spiro atoms. The van der Waals surface area contributed by atoms with Crippen molar-refractivity contribution in [2.24, 2.45) is 5.92 Å². The zero-order chi connectivity index (χ0) is 12.0. The predicted octanol–water partition coefficient (Wildman–Crippen LogP) is 2.15. The highest BCUT2D eigenvalue weighted by Gasteiger charge is 2.20. The number of carboxylic acid groups (broad SMARTS) is 1. The van der Waals surface area contributed by atoms with Crippen molar-refractivity contribution >= 4 is 6.09 Å². The molecule has 0 aromatic carbocycles. The summed E-state index contributed by atoms with van der Waals surface area (Å²) in [5.74, 6) is 0.703. The lowest BCUT2D eigenvalue weighted by molar-refractivity contribution is 0.143. The molecular formula is C12H24N2O2. The minimum absolute atomic E-state index is 0.345. The van der Waals surface area contributed by atoms with E-state index in [9.17, 15) is 4.79 Å². The fraction of sp³-hybridized carbons (Fsp3) is 0.917. The number of rotatable bonds is 4. The van der Waals surface area contributed by atoms with Gasteiger partial charge in [0.15, 0.2) is 0 Å². The second-order valence-electron chi connectivity index (χ2n) is 5.06. The van der Waals surface area contributed by atoms with Gasteiger partial charge in [-0.2, -0.15) is 0 Å². The molecule has 0 aromatic heterocycles. The minimum atomic E-state index is -0.780. The van der Waals surface area contributed by atoms with Crippen LogP contribution in [0, 0.1) is 5.92 Å². The van der Waals surface area contributed by atoms with Crippen molar-refractivity contribution in [3.63, 3.8) is 0 Å². The molecule has 4 heteroatoms. The molecule has 1 aliphatic rings. The zero-order valence-electron chi connectivity index (χ0n) is 10.4. The highest BCUT2D eigenvalue weighted by atomic mass is 16.4. The van der Waals surface area contributed by atoms with E-state index < -0.39 is 6.09 Å². The third kappa shape index (κ3) is 4.84. The molecule has 4 nitrogen and oxygen atoms in total. The topological polar surface area (TPSA) is 52.6 Å². The van der Waals surface area contributed by atoms with Crippen LogP contribution in [0.1, 0.15) is 39.5 Å². The maximum atomic E-state index is 10.9. The van der Waals surface area contributed by atoms with Crippen LogP contribution in [0.5, 0.6) is 0 Å². The zero-order valence-corrected chi connectivity index (χ0v) is 10.4. The Kier molecular flexibility index (Phi) is 5.60. The van der Waals surface area contributed by atoms with Crippen molar-refractivity contribution in [1.29, 1.82) is 0 Å². The van der Waals surface area contributed by atoms with E-state index in [1.165, 1.54) is 0 Å². The second kappa shape index (κ2) is 6.74. The molecule has 1 fully saturated rings. The van der Waals surface area contributed by atoms with Crippen molar-refractivity contribution in [3.8, 4) is 0 Å². The van der Waals surface area contributed by atoms with Crippen LogP contribution in [-0.4, -0.2) is 41.8 Å². The van der Waals surface area contributed by atoms with Gasteiger partial charge in [-0.1, -0.05) is 20.3 Å². The Morgan fingerprint density at radius 1 is 1.50 bits per heavy atom. The van der Waals surface area contributed by atoms with E-state index in [0.29, 0.717) is 25.0 Å². The molecule has 1 saturated heterocycles. The Bertz CT molecular complexity index is 219. The van der Waals surface area contributed by atoms with Gasteiger partial charge in [-0.05, 0) is 31.7 Å². The highest BCUT2D eigenvalue weighted by Crippen LogP contribution is 2.11. The minimum Gasteiger partial charge on any atom is -0.465 e. The van der Waals surface area contributed by atoms with Crippen LogP contribution in [0.2, 0.25) is 0 Å². The largest absolute Gasteiger partial charge is 0.465 e. The van der Waals surface area contributed by atoms with Gasteiger partial charge in [0.25, 0.3) is 0 Å². The van der Waals surface area contributed by atoms with Gasteiger partial charge in [-0.15, -0.1) is 0 Å². The van der Waals surface area contributed by atoms with Crippen LogP contribution < -0.4 is 5.32 Å². The summed E-state index contributed by atoms with van der Waals surface area (Å²) in [6.45, 7) is 6.75. The lowest BCUT2D eigenvalue weighted by atomic mass is 10.1. The van der Waals surface area contributed by atoms with E-state index in [4.69, 9.17) is 5.11 Å². The van der Waals surface area contributed by atoms with Crippen molar-refractivity contribution in [3.05, 3.63) is 0 Å². The first-order chi connectivity index (χ1) is 7.59. The molecule has 1 unspecified atom stereocenters. The van der Waals surface area contributed by atoms with Crippen LogP contribution in [0.15, 0.2) is 0 Å². The van der Waals surface area contributed by atoms with E-state index in [1.54, 1.807) is 4.90 Å². The monoisotopic (exact) mass is 228 g/mol. The average molecular weight is 228 g/mol. The fourth-order valence-corrected chi connectivity index (χ4v) is 2.06. The average Bonchev–Trinajstić information content (AvgIpc) is 2.42. The quantitative estimate of drug-likeness (QED) is 0.775. The Balaban J connectivity index is 2.31. The van der Waals surface area contributed by atoms with Crippen molar-refractivity contribution in [1.82, 2.24) is 10.2 Å². The number of hydrogen-bond donors (Lipinski definition) is 2. The number of likely N-dealkylation sites (tertiary alicyclic amines) is 1. The summed E-state index contributed by atoms with van der Waals surface area (Å²) in [6.07, 6.45) is 3.60. The van der Waals surface area contributed by atoms with Crippen molar-refractivity contribution < 1.29 is 9.90 Å². The van der Waals surface area contributed by atoms with E-state index in [1.807, 2.05) is 0 Å². The van der Waals surface area contributed by atoms with E-state index in [2.05, 4.69) is 19.2 Å². The molecule has 1 rings (SSSR count). The van der Waals surface area contributed by atoms with Gasteiger partial charge >= 0.3 is 6.09 Å². The number of nitrogens with zero attached hydrogens (tertiary/aromatic N) is 1. The maximum Gasteiger partial charge on any atom is 0.407 e. The van der Waals surface area contributed by atoms with Gasteiger partial charge in [-0.25, -0.2) is 4.79 Å². The first-order valence-electron chi connectivity index (χ1n) is 6.31. The van der Waals surface area contributed by atoms with Crippen LogP contribution in [0.3, 0.4) is 0 Å². The van der Waals surface area contributed by atoms with Gasteiger partial charge in [0.1, 0.15) is 0 Å². The Morgan fingerprint density at radius 3 is 2.88 bits per heavy atom. The smallest absolute Gasteiger partial charge is 0.407 e. The van der Waals surface area contributed by atoms with Crippen LogP contribution in [0.25, 0.3) is 0 Å². The van der Waals surface area contributed by atoms with Gasteiger partial charge in [0.05, 0.1) is 0 Å². The first-order valence-corrected chi connectivity index (χ1v) is 6.31. The second-order valence-corrected chi connectivity index (χ2v) is 5.06. The van der Waals surface area contributed by atoms with Crippen LogP contribution >= 0.6 is 0 Å². The lowest BCUT2D eigenvalue weighted by Gasteiger charge is -2.22. The normalized spacial score (nSPS) is 22.2. The summed E-state index contributed by atoms with van der Waals surface area (Å²) in [5, 5.41) is 12.5. The summed E-state index contributed by atoms with van der Waals surface area (Å²) < 4.78 is 0. The van der Waals surface area contributed by atoms with Gasteiger partial charge in [0.2, 0.25) is 0 Å². The van der Waals surface area contributed by atoms with Crippen molar-refractivity contribution in [2.75, 3.05) is 19.6 Å². The lowest BCUT2D eigenvalue weighted by Crippen LogP contribution is -2.42. The van der Waals surface area contributed by atoms with E-state index in [-0.39, 0.29) is 0 Å². The van der Waals surface area contributed by atoms with Gasteiger partial charge in [-0.3, -0.25) is 0 Å². The molecule has 1 atom stereocenters. The van der Waals surface area contributed by atoms with Gasteiger partial charge < -0.3 is 15.3 Å².